The van der Waals surface area contributed by atoms with E-state index in [4.69, 9.17) is 9.47 Å². The van der Waals surface area contributed by atoms with Gasteiger partial charge in [-0.05, 0) is 19.8 Å². The van der Waals surface area contributed by atoms with E-state index in [-0.39, 0.29) is 17.6 Å². The van der Waals surface area contributed by atoms with Crippen LogP contribution in [0.15, 0.2) is 0 Å². The Hall–Kier alpha value is -0.810. The van der Waals surface area contributed by atoms with Crippen LogP contribution in [0, 0.1) is 0 Å². The molecule has 2 unspecified atom stereocenters. The molecule has 2 N–H and O–H groups in total. The van der Waals surface area contributed by atoms with Crippen molar-refractivity contribution >= 4 is 6.03 Å². The molecular weight excluding hydrogens is 196 g/mol. The SMILES string of the molecule is CC1(NC(=O)NC2CCOC2)CCOC1. The first-order chi connectivity index (χ1) is 7.18. The predicted molar refractivity (Wildman–Crippen MR) is 54.7 cm³/mol. The summed E-state index contributed by atoms with van der Waals surface area (Å²) in [4.78, 5) is 11.6. The molecule has 0 bridgehead atoms. The van der Waals surface area contributed by atoms with Gasteiger partial charge in [0.15, 0.2) is 0 Å². The number of carbonyl (C=O) groups is 1. The third-order valence-electron chi connectivity index (χ3n) is 2.90. The Kier molecular flexibility index (Phi) is 3.11. The Morgan fingerprint density at radius 1 is 1.40 bits per heavy atom. The molecule has 2 saturated heterocycles. The monoisotopic (exact) mass is 214 g/mol. The molecule has 0 aliphatic carbocycles. The van der Waals surface area contributed by atoms with Crippen LogP contribution in [0.5, 0.6) is 0 Å². The van der Waals surface area contributed by atoms with Gasteiger partial charge in [0, 0.05) is 13.2 Å². The second-order valence-corrected chi connectivity index (χ2v) is 4.52. The summed E-state index contributed by atoms with van der Waals surface area (Å²) >= 11 is 0. The highest BCUT2D eigenvalue weighted by atomic mass is 16.5. The van der Waals surface area contributed by atoms with E-state index in [0.29, 0.717) is 13.2 Å². The van der Waals surface area contributed by atoms with Crippen LogP contribution < -0.4 is 10.6 Å². The van der Waals surface area contributed by atoms with Crippen molar-refractivity contribution in [3.8, 4) is 0 Å². The number of ether oxygens (including phenoxy) is 2. The molecule has 2 fully saturated rings. The van der Waals surface area contributed by atoms with Crippen molar-refractivity contribution in [1.82, 2.24) is 10.6 Å². The number of hydrogen-bond donors (Lipinski definition) is 2. The van der Waals surface area contributed by atoms with E-state index < -0.39 is 0 Å². The molecule has 2 aliphatic rings. The number of nitrogens with one attached hydrogen (secondary N) is 2. The maximum atomic E-state index is 11.6. The highest BCUT2D eigenvalue weighted by Gasteiger charge is 2.31. The van der Waals surface area contributed by atoms with Gasteiger partial charge in [-0.2, -0.15) is 0 Å². The zero-order valence-corrected chi connectivity index (χ0v) is 9.04. The lowest BCUT2D eigenvalue weighted by atomic mass is 10.0. The van der Waals surface area contributed by atoms with Crippen LogP contribution >= 0.6 is 0 Å². The van der Waals surface area contributed by atoms with Crippen molar-refractivity contribution in [2.24, 2.45) is 0 Å². The molecule has 2 heterocycles. The highest BCUT2D eigenvalue weighted by molar-refractivity contribution is 5.75. The highest BCUT2D eigenvalue weighted by Crippen LogP contribution is 2.17. The van der Waals surface area contributed by atoms with Gasteiger partial charge in [-0.3, -0.25) is 0 Å². The summed E-state index contributed by atoms with van der Waals surface area (Å²) in [7, 11) is 0. The molecule has 2 atom stereocenters. The smallest absolute Gasteiger partial charge is 0.315 e. The molecule has 2 amide bonds. The zero-order chi connectivity index (χ0) is 10.7. The average Bonchev–Trinajstić information content (AvgIpc) is 2.76. The summed E-state index contributed by atoms with van der Waals surface area (Å²) in [5, 5.41) is 5.85. The lowest BCUT2D eigenvalue weighted by molar-refractivity contribution is 0.168. The van der Waals surface area contributed by atoms with Gasteiger partial charge in [0.05, 0.1) is 24.8 Å². The van der Waals surface area contributed by atoms with E-state index in [1.165, 1.54) is 0 Å². The Morgan fingerprint density at radius 3 is 2.87 bits per heavy atom. The van der Waals surface area contributed by atoms with Crippen LogP contribution in [0.1, 0.15) is 19.8 Å². The molecule has 2 aliphatic heterocycles. The molecule has 0 spiro atoms. The first kappa shape index (κ1) is 10.7. The van der Waals surface area contributed by atoms with Crippen LogP contribution in [-0.4, -0.2) is 44.0 Å². The lowest BCUT2D eigenvalue weighted by Crippen LogP contribution is -2.53. The Balaban J connectivity index is 1.76. The quantitative estimate of drug-likeness (QED) is 0.693. The van der Waals surface area contributed by atoms with Crippen LogP contribution in [-0.2, 0) is 9.47 Å². The largest absolute Gasteiger partial charge is 0.379 e. The van der Waals surface area contributed by atoms with Crippen molar-refractivity contribution in [2.45, 2.75) is 31.3 Å². The Bertz CT molecular complexity index is 233. The van der Waals surface area contributed by atoms with Gasteiger partial charge < -0.3 is 20.1 Å². The Morgan fingerprint density at radius 2 is 2.27 bits per heavy atom. The fraction of sp³-hybridized carbons (Fsp3) is 0.900. The van der Waals surface area contributed by atoms with Gasteiger partial charge in [0.2, 0.25) is 0 Å². The maximum absolute atomic E-state index is 11.6. The molecule has 5 heteroatoms. The fourth-order valence-corrected chi connectivity index (χ4v) is 1.91. The van der Waals surface area contributed by atoms with Crippen molar-refractivity contribution in [3.63, 3.8) is 0 Å². The first-order valence-electron chi connectivity index (χ1n) is 5.42. The van der Waals surface area contributed by atoms with E-state index in [1.807, 2.05) is 6.92 Å². The average molecular weight is 214 g/mol. The number of urea groups is 1. The van der Waals surface area contributed by atoms with E-state index in [0.717, 1.165) is 26.1 Å². The molecule has 86 valence electrons. The second-order valence-electron chi connectivity index (χ2n) is 4.52. The minimum atomic E-state index is -0.205. The van der Waals surface area contributed by atoms with Crippen LogP contribution in [0.2, 0.25) is 0 Å². The normalized spacial score (nSPS) is 35.4. The zero-order valence-electron chi connectivity index (χ0n) is 9.04. The minimum Gasteiger partial charge on any atom is -0.379 e. The van der Waals surface area contributed by atoms with E-state index >= 15 is 0 Å². The first-order valence-corrected chi connectivity index (χ1v) is 5.42. The molecular formula is C10H18N2O3. The van der Waals surface area contributed by atoms with Gasteiger partial charge in [-0.25, -0.2) is 4.79 Å². The summed E-state index contributed by atoms with van der Waals surface area (Å²) in [5.74, 6) is 0. The molecule has 0 aromatic rings. The van der Waals surface area contributed by atoms with Crippen LogP contribution in [0.3, 0.4) is 0 Å². The third-order valence-corrected chi connectivity index (χ3v) is 2.90. The summed E-state index contributed by atoms with van der Waals surface area (Å²) in [6.07, 6.45) is 1.78. The molecule has 0 aromatic carbocycles. The number of carbonyl (C=O) groups excluding carboxylic acids is 1. The summed E-state index contributed by atoms with van der Waals surface area (Å²) in [6.45, 7) is 4.70. The minimum absolute atomic E-state index is 0.112. The number of rotatable bonds is 2. The summed E-state index contributed by atoms with van der Waals surface area (Å²) < 4.78 is 10.4. The Labute approximate surface area is 89.5 Å². The van der Waals surface area contributed by atoms with Crippen molar-refractivity contribution < 1.29 is 14.3 Å². The fourth-order valence-electron chi connectivity index (χ4n) is 1.91. The van der Waals surface area contributed by atoms with Gasteiger partial charge >= 0.3 is 6.03 Å². The van der Waals surface area contributed by atoms with Gasteiger partial charge in [-0.15, -0.1) is 0 Å². The van der Waals surface area contributed by atoms with Crippen molar-refractivity contribution in [2.75, 3.05) is 26.4 Å². The van der Waals surface area contributed by atoms with Gasteiger partial charge in [0.25, 0.3) is 0 Å². The number of amides is 2. The lowest BCUT2D eigenvalue weighted by Gasteiger charge is -2.24. The predicted octanol–water partition coefficient (Wildman–Crippen LogP) is 0.254. The van der Waals surface area contributed by atoms with Crippen LogP contribution in [0.25, 0.3) is 0 Å². The molecule has 2 rings (SSSR count). The van der Waals surface area contributed by atoms with E-state index in [2.05, 4.69) is 10.6 Å². The van der Waals surface area contributed by atoms with Crippen molar-refractivity contribution in [1.29, 1.82) is 0 Å². The van der Waals surface area contributed by atoms with E-state index in [1.54, 1.807) is 0 Å². The molecule has 0 radical (unpaired) electrons. The number of hydrogen-bond acceptors (Lipinski definition) is 3. The summed E-state index contributed by atoms with van der Waals surface area (Å²) in [6, 6.07) is 0.0504. The topological polar surface area (TPSA) is 59.6 Å². The second kappa shape index (κ2) is 4.37. The summed E-state index contributed by atoms with van der Waals surface area (Å²) in [5.41, 5.74) is -0.205. The maximum Gasteiger partial charge on any atom is 0.315 e. The molecule has 0 saturated carbocycles. The van der Waals surface area contributed by atoms with Crippen molar-refractivity contribution in [3.05, 3.63) is 0 Å². The van der Waals surface area contributed by atoms with Crippen LogP contribution in [0.4, 0.5) is 4.79 Å². The molecule has 0 aromatic heterocycles. The standard InChI is InChI=1S/C10H18N2O3/c1-10(3-5-15-7-10)12-9(13)11-8-2-4-14-6-8/h8H,2-7H2,1H3,(H2,11,12,13). The molecule has 5 nitrogen and oxygen atoms in total. The third kappa shape index (κ3) is 2.82. The van der Waals surface area contributed by atoms with E-state index in [9.17, 15) is 4.79 Å². The van der Waals surface area contributed by atoms with Gasteiger partial charge in [-0.1, -0.05) is 0 Å². The van der Waals surface area contributed by atoms with Gasteiger partial charge in [0.1, 0.15) is 0 Å². The molecule has 15 heavy (non-hydrogen) atoms.